The Labute approximate surface area is 139 Å². The van der Waals surface area contributed by atoms with E-state index in [9.17, 15) is 5.11 Å². The first-order valence-corrected chi connectivity index (χ1v) is 8.04. The molecule has 0 heterocycles. The Morgan fingerprint density at radius 3 is 2.36 bits per heavy atom. The summed E-state index contributed by atoms with van der Waals surface area (Å²) < 4.78 is 11.5. The number of anilines is 1. The van der Waals surface area contributed by atoms with Crippen LogP contribution in [-0.2, 0) is 6.54 Å². The zero-order chi connectivity index (χ0) is 15.9. The van der Waals surface area contributed by atoms with E-state index in [2.05, 4.69) is 21.2 Å². The molecule has 0 fully saturated rings. The van der Waals surface area contributed by atoms with E-state index in [0.29, 0.717) is 30.0 Å². The molecule has 0 saturated carbocycles. The van der Waals surface area contributed by atoms with Gasteiger partial charge in [-0.05, 0) is 71.7 Å². The van der Waals surface area contributed by atoms with Crippen LogP contribution in [0.25, 0.3) is 0 Å². The van der Waals surface area contributed by atoms with Gasteiger partial charge >= 0.3 is 0 Å². The summed E-state index contributed by atoms with van der Waals surface area (Å²) in [7, 11) is 0. The average Bonchev–Trinajstić information content (AvgIpc) is 2.52. The molecule has 22 heavy (non-hydrogen) atoms. The van der Waals surface area contributed by atoms with Crippen LogP contribution < -0.4 is 14.8 Å². The Morgan fingerprint density at radius 1 is 1.05 bits per heavy atom. The van der Waals surface area contributed by atoms with Crippen LogP contribution in [0.1, 0.15) is 19.4 Å². The number of aromatic hydroxyl groups is 1. The Bertz CT molecular complexity index is 614. The molecule has 0 saturated heterocycles. The third kappa shape index (κ3) is 4.31. The Kier molecular flexibility index (Phi) is 5.95. The first-order chi connectivity index (χ1) is 10.6. The summed E-state index contributed by atoms with van der Waals surface area (Å²) in [4.78, 5) is 0. The van der Waals surface area contributed by atoms with Crippen LogP contribution >= 0.6 is 15.9 Å². The fraction of sp³-hybridized carbons (Fsp3) is 0.294. The van der Waals surface area contributed by atoms with Gasteiger partial charge < -0.3 is 19.9 Å². The highest BCUT2D eigenvalue weighted by Crippen LogP contribution is 2.35. The summed E-state index contributed by atoms with van der Waals surface area (Å²) in [5, 5.41) is 13.2. The van der Waals surface area contributed by atoms with E-state index in [0.717, 1.165) is 17.0 Å². The van der Waals surface area contributed by atoms with Gasteiger partial charge in [-0.25, -0.2) is 0 Å². The van der Waals surface area contributed by atoms with Crippen molar-refractivity contribution < 1.29 is 14.6 Å². The van der Waals surface area contributed by atoms with Gasteiger partial charge in [0.1, 0.15) is 5.75 Å². The number of nitrogens with one attached hydrogen (secondary N) is 1. The molecule has 5 heteroatoms. The van der Waals surface area contributed by atoms with Crippen molar-refractivity contribution in [1.29, 1.82) is 0 Å². The number of rotatable bonds is 7. The number of hydrogen-bond acceptors (Lipinski definition) is 4. The van der Waals surface area contributed by atoms with Gasteiger partial charge in [0.05, 0.1) is 17.7 Å². The van der Waals surface area contributed by atoms with E-state index in [1.807, 2.05) is 50.2 Å². The summed E-state index contributed by atoms with van der Waals surface area (Å²) in [6.07, 6.45) is 0. The van der Waals surface area contributed by atoms with Gasteiger partial charge in [0.2, 0.25) is 0 Å². The van der Waals surface area contributed by atoms with Gasteiger partial charge in [0.15, 0.2) is 11.5 Å². The van der Waals surface area contributed by atoms with Gasteiger partial charge in [-0.2, -0.15) is 0 Å². The van der Waals surface area contributed by atoms with E-state index in [4.69, 9.17) is 9.47 Å². The van der Waals surface area contributed by atoms with Gasteiger partial charge in [-0.15, -0.1) is 0 Å². The van der Waals surface area contributed by atoms with Crippen molar-refractivity contribution in [2.45, 2.75) is 20.4 Å². The minimum Gasteiger partial charge on any atom is -0.503 e. The first-order valence-electron chi connectivity index (χ1n) is 7.25. The molecular formula is C17H20BrNO3. The molecule has 2 aromatic carbocycles. The van der Waals surface area contributed by atoms with Crippen LogP contribution in [0.4, 0.5) is 5.69 Å². The highest BCUT2D eigenvalue weighted by Gasteiger charge is 2.09. The lowest BCUT2D eigenvalue weighted by Gasteiger charge is -2.12. The normalized spacial score (nSPS) is 10.3. The van der Waals surface area contributed by atoms with Crippen molar-refractivity contribution in [1.82, 2.24) is 0 Å². The van der Waals surface area contributed by atoms with Gasteiger partial charge in [-0.1, -0.05) is 0 Å². The third-order valence-corrected chi connectivity index (χ3v) is 3.65. The van der Waals surface area contributed by atoms with E-state index >= 15 is 0 Å². The fourth-order valence-electron chi connectivity index (χ4n) is 2.03. The molecule has 4 nitrogen and oxygen atoms in total. The molecule has 0 aliphatic carbocycles. The van der Waals surface area contributed by atoms with Crippen LogP contribution in [-0.4, -0.2) is 18.3 Å². The highest BCUT2D eigenvalue weighted by molar-refractivity contribution is 9.10. The number of ether oxygens (including phenoxy) is 2. The quantitative estimate of drug-likeness (QED) is 0.754. The maximum Gasteiger partial charge on any atom is 0.172 e. The number of benzene rings is 2. The standard InChI is InChI=1S/C17H20BrNO3/c1-3-21-14-7-5-13(6-8-14)19-11-12-9-15(18)17(20)16(10-12)22-4-2/h5-10,19-20H,3-4,11H2,1-2H3. The predicted molar refractivity (Wildman–Crippen MR) is 91.9 cm³/mol. The van der Waals surface area contributed by atoms with Gasteiger partial charge in [0.25, 0.3) is 0 Å². The minimum absolute atomic E-state index is 0.131. The van der Waals surface area contributed by atoms with Crippen molar-refractivity contribution >= 4 is 21.6 Å². The molecule has 0 bridgehead atoms. The smallest absolute Gasteiger partial charge is 0.172 e. The number of hydrogen-bond donors (Lipinski definition) is 2. The molecule has 2 rings (SSSR count). The average molecular weight is 366 g/mol. The zero-order valence-corrected chi connectivity index (χ0v) is 14.3. The summed E-state index contributed by atoms with van der Waals surface area (Å²) in [6.45, 7) is 5.65. The Morgan fingerprint density at radius 2 is 1.73 bits per heavy atom. The Hall–Kier alpha value is -1.88. The van der Waals surface area contributed by atoms with E-state index in [-0.39, 0.29) is 5.75 Å². The fourth-order valence-corrected chi connectivity index (χ4v) is 2.52. The molecule has 0 aliphatic rings. The topological polar surface area (TPSA) is 50.7 Å². The van der Waals surface area contributed by atoms with Crippen molar-refractivity contribution in [3.63, 3.8) is 0 Å². The lowest BCUT2D eigenvalue weighted by molar-refractivity contribution is 0.317. The molecule has 0 aliphatic heterocycles. The highest BCUT2D eigenvalue weighted by atomic mass is 79.9. The second-order valence-electron chi connectivity index (χ2n) is 4.67. The third-order valence-electron chi connectivity index (χ3n) is 3.05. The molecule has 0 spiro atoms. The number of halogens is 1. The molecule has 0 atom stereocenters. The van der Waals surface area contributed by atoms with E-state index in [1.54, 1.807) is 0 Å². The van der Waals surface area contributed by atoms with Crippen LogP contribution in [0, 0.1) is 0 Å². The van der Waals surface area contributed by atoms with Crippen LogP contribution in [0.5, 0.6) is 17.2 Å². The zero-order valence-electron chi connectivity index (χ0n) is 12.7. The summed E-state index contributed by atoms with van der Waals surface area (Å²) in [6, 6.07) is 11.5. The predicted octanol–water partition coefficient (Wildman–Crippen LogP) is 4.56. The van der Waals surface area contributed by atoms with E-state index in [1.165, 1.54) is 0 Å². The van der Waals surface area contributed by atoms with E-state index < -0.39 is 0 Å². The Balaban J connectivity index is 2.04. The number of phenolic OH excluding ortho intramolecular Hbond substituents is 1. The summed E-state index contributed by atoms with van der Waals surface area (Å²) >= 11 is 3.35. The molecule has 118 valence electrons. The first kappa shape index (κ1) is 16.5. The molecule has 0 unspecified atom stereocenters. The maximum atomic E-state index is 9.91. The number of phenols is 1. The SMILES string of the molecule is CCOc1ccc(NCc2cc(Br)c(O)c(OCC)c2)cc1. The molecule has 2 aromatic rings. The lowest BCUT2D eigenvalue weighted by Crippen LogP contribution is -2.01. The van der Waals surface area contributed by atoms with Crippen molar-refractivity contribution in [3.8, 4) is 17.2 Å². The molecule has 2 N–H and O–H groups in total. The van der Waals surface area contributed by atoms with Crippen LogP contribution in [0.2, 0.25) is 0 Å². The summed E-state index contributed by atoms with van der Waals surface area (Å²) in [5.41, 5.74) is 2.02. The summed E-state index contributed by atoms with van der Waals surface area (Å²) in [5.74, 6) is 1.48. The second-order valence-corrected chi connectivity index (χ2v) is 5.52. The second kappa shape index (κ2) is 7.94. The van der Waals surface area contributed by atoms with Crippen molar-refractivity contribution in [2.75, 3.05) is 18.5 Å². The minimum atomic E-state index is 0.131. The van der Waals surface area contributed by atoms with Crippen molar-refractivity contribution in [3.05, 3.63) is 46.4 Å². The molecule has 0 radical (unpaired) electrons. The molecular weight excluding hydrogens is 346 g/mol. The lowest BCUT2D eigenvalue weighted by atomic mass is 10.2. The largest absolute Gasteiger partial charge is 0.503 e. The van der Waals surface area contributed by atoms with Crippen LogP contribution in [0.15, 0.2) is 40.9 Å². The van der Waals surface area contributed by atoms with Gasteiger partial charge in [0, 0.05) is 12.2 Å². The van der Waals surface area contributed by atoms with Crippen LogP contribution in [0.3, 0.4) is 0 Å². The van der Waals surface area contributed by atoms with Crippen molar-refractivity contribution in [2.24, 2.45) is 0 Å². The van der Waals surface area contributed by atoms with Gasteiger partial charge in [-0.3, -0.25) is 0 Å². The monoisotopic (exact) mass is 365 g/mol. The maximum absolute atomic E-state index is 9.91. The molecule has 0 amide bonds. The molecule has 0 aromatic heterocycles.